The number of fused-ring (bicyclic) bond motifs is 1. The van der Waals surface area contributed by atoms with Crippen molar-refractivity contribution < 1.29 is 32.7 Å². The molecule has 0 aliphatic rings. The molecule has 1 unspecified atom stereocenters. The summed E-state index contributed by atoms with van der Waals surface area (Å²) in [7, 11) is 0. The first kappa shape index (κ1) is 22.9. The normalized spacial score (nSPS) is 12.8. The summed E-state index contributed by atoms with van der Waals surface area (Å²) in [6, 6.07) is 11.8. The van der Waals surface area contributed by atoms with Gasteiger partial charge in [0.2, 0.25) is 5.82 Å². The second-order valence-electron chi connectivity index (χ2n) is 7.25. The number of aromatic nitrogens is 2. The van der Waals surface area contributed by atoms with Crippen molar-refractivity contribution in [1.82, 2.24) is 10.1 Å². The van der Waals surface area contributed by atoms with E-state index >= 15 is 0 Å². The zero-order chi connectivity index (χ0) is 23.6. The summed E-state index contributed by atoms with van der Waals surface area (Å²) in [5, 5.41) is 23.7. The predicted octanol–water partition coefficient (Wildman–Crippen LogP) is 2.24. The molecule has 0 aliphatic carbocycles. The van der Waals surface area contributed by atoms with Gasteiger partial charge in [-0.1, -0.05) is 5.16 Å². The Balaban J connectivity index is 1.66. The van der Waals surface area contributed by atoms with E-state index in [1.165, 1.54) is 0 Å². The number of hydrogen-bond donors (Lipinski definition) is 5. The molecule has 1 atom stereocenters. The molecule has 2 aromatic carbocycles. The van der Waals surface area contributed by atoms with Crippen LogP contribution < -0.4 is 15.2 Å². The van der Waals surface area contributed by atoms with E-state index in [2.05, 4.69) is 14.9 Å². The standard InChI is InChI=1S/C21H22N4O7S/c1-2-30-17-6-4-13(8-15(17)25-33(28)29)20-23-19(24-32-20)12-3-5-16-14(7-12)9-18(31-16)21(22,10-26)11-27/h3-9,25-27H,2,10-11,22H2,1H3,(H,28,29). The number of nitrogens with zero attached hydrogens (tertiary/aromatic N) is 2. The van der Waals surface area contributed by atoms with Crippen molar-refractivity contribution in [1.29, 1.82) is 0 Å². The highest BCUT2D eigenvalue weighted by molar-refractivity contribution is 7.80. The summed E-state index contributed by atoms with van der Waals surface area (Å²) < 4.78 is 39.4. The highest BCUT2D eigenvalue weighted by Crippen LogP contribution is 2.33. The van der Waals surface area contributed by atoms with Gasteiger partial charge in [-0.05, 0) is 49.4 Å². The smallest absolute Gasteiger partial charge is 0.259 e. The molecule has 12 heteroatoms. The lowest BCUT2D eigenvalue weighted by Crippen LogP contribution is -2.43. The third kappa shape index (κ3) is 4.60. The van der Waals surface area contributed by atoms with Gasteiger partial charge in [0.1, 0.15) is 22.6 Å². The highest BCUT2D eigenvalue weighted by Gasteiger charge is 2.30. The Morgan fingerprint density at radius 1 is 1.15 bits per heavy atom. The largest absolute Gasteiger partial charge is 0.492 e. The first-order valence-corrected chi connectivity index (χ1v) is 11.0. The van der Waals surface area contributed by atoms with Crippen molar-refractivity contribution in [2.75, 3.05) is 24.5 Å². The van der Waals surface area contributed by atoms with Gasteiger partial charge in [0.25, 0.3) is 17.2 Å². The lowest BCUT2D eigenvalue weighted by Gasteiger charge is -2.21. The maximum Gasteiger partial charge on any atom is 0.259 e. The van der Waals surface area contributed by atoms with Gasteiger partial charge in [0, 0.05) is 16.5 Å². The van der Waals surface area contributed by atoms with Crippen LogP contribution in [-0.4, -0.2) is 48.9 Å². The van der Waals surface area contributed by atoms with E-state index in [0.29, 0.717) is 46.0 Å². The molecule has 2 heterocycles. The number of aliphatic hydroxyl groups is 2. The van der Waals surface area contributed by atoms with Gasteiger partial charge in [-0.2, -0.15) is 4.98 Å². The SMILES string of the molecule is CCOc1ccc(-c2nc(-c3ccc4oc(C(N)(CO)CO)cc4c3)no2)cc1NS(=O)O. The van der Waals surface area contributed by atoms with Crippen molar-refractivity contribution in [3.63, 3.8) is 0 Å². The topological polar surface area (TPSA) is 177 Å². The minimum Gasteiger partial charge on any atom is -0.492 e. The number of furan rings is 1. The van der Waals surface area contributed by atoms with Gasteiger partial charge in [-0.25, -0.2) is 4.21 Å². The maximum atomic E-state index is 11.2. The van der Waals surface area contributed by atoms with Crippen molar-refractivity contribution >= 4 is 27.9 Å². The average molecular weight is 474 g/mol. The maximum absolute atomic E-state index is 11.2. The quantitative estimate of drug-likeness (QED) is 0.226. The van der Waals surface area contributed by atoms with Gasteiger partial charge in [0.15, 0.2) is 0 Å². The lowest BCUT2D eigenvalue weighted by molar-refractivity contribution is 0.105. The van der Waals surface area contributed by atoms with Crippen molar-refractivity contribution in [3.05, 3.63) is 48.2 Å². The Morgan fingerprint density at radius 2 is 1.91 bits per heavy atom. The van der Waals surface area contributed by atoms with E-state index in [4.69, 9.17) is 19.4 Å². The summed E-state index contributed by atoms with van der Waals surface area (Å²) in [6.45, 7) is 1.23. The second kappa shape index (κ2) is 9.29. The number of ether oxygens (including phenoxy) is 1. The van der Waals surface area contributed by atoms with Crippen molar-refractivity contribution in [2.24, 2.45) is 5.73 Å². The molecule has 0 spiro atoms. The van der Waals surface area contributed by atoms with Crippen molar-refractivity contribution in [3.8, 4) is 28.6 Å². The summed E-state index contributed by atoms with van der Waals surface area (Å²) in [6.07, 6.45) is 0. The molecule has 11 nitrogen and oxygen atoms in total. The van der Waals surface area contributed by atoms with Gasteiger partial charge in [-0.3, -0.25) is 9.27 Å². The number of anilines is 1. The summed E-state index contributed by atoms with van der Waals surface area (Å²) in [5.41, 5.74) is 6.59. The molecule has 0 bridgehead atoms. The Kier molecular flexibility index (Phi) is 6.44. The first-order chi connectivity index (χ1) is 15.9. The van der Waals surface area contributed by atoms with Gasteiger partial charge < -0.3 is 29.6 Å². The van der Waals surface area contributed by atoms with Crippen LogP contribution in [0.5, 0.6) is 5.75 Å². The molecule has 0 amide bonds. The van der Waals surface area contributed by atoms with Crippen LogP contribution in [0.1, 0.15) is 12.7 Å². The fourth-order valence-electron chi connectivity index (χ4n) is 3.21. The zero-order valence-electron chi connectivity index (χ0n) is 17.5. The zero-order valence-corrected chi connectivity index (χ0v) is 18.3. The summed E-state index contributed by atoms with van der Waals surface area (Å²) >= 11 is -2.28. The Hall–Kier alpha value is -3.29. The first-order valence-electron chi connectivity index (χ1n) is 9.90. The molecule has 4 rings (SSSR count). The van der Waals surface area contributed by atoms with Crippen LogP contribution in [0.4, 0.5) is 5.69 Å². The molecule has 4 aromatic rings. The molecular weight excluding hydrogens is 452 g/mol. The van der Waals surface area contributed by atoms with E-state index in [1.807, 2.05) is 0 Å². The molecule has 0 fully saturated rings. The molecule has 0 saturated heterocycles. The number of nitrogens with two attached hydrogens (primary N) is 1. The molecule has 6 N–H and O–H groups in total. The average Bonchev–Trinajstić information content (AvgIpc) is 3.46. The minimum absolute atomic E-state index is 0.203. The number of aliphatic hydroxyl groups excluding tert-OH is 2. The summed E-state index contributed by atoms with van der Waals surface area (Å²) in [5.74, 6) is 1.18. The fourth-order valence-corrected chi connectivity index (χ4v) is 3.56. The minimum atomic E-state index is -2.28. The van der Waals surface area contributed by atoms with E-state index < -0.39 is 30.0 Å². The Bertz CT molecular complexity index is 1300. The number of rotatable bonds is 9. The molecule has 0 aliphatic heterocycles. The Morgan fingerprint density at radius 3 is 2.61 bits per heavy atom. The van der Waals surface area contributed by atoms with Crippen LogP contribution in [0.2, 0.25) is 0 Å². The van der Waals surface area contributed by atoms with Crippen LogP contribution in [0, 0.1) is 0 Å². The monoisotopic (exact) mass is 474 g/mol. The van der Waals surface area contributed by atoms with Crippen LogP contribution in [-0.2, 0) is 16.8 Å². The molecule has 0 saturated carbocycles. The van der Waals surface area contributed by atoms with Crippen molar-refractivity contribution in [2.45, 2.75) is 12.5 Å². The predicted molar refractivity (Wildman–Crippen MR) is 121 cm³/mol. The number of benzene rings is 2. The van der Waals surface area contributed by atoms with Crippen LogP contribution in [0.15, 0.2) is 51.4 Å². The Labute approximate surface area is 190 Å². The molecular formula is C21H22N4O7S. The summed E-state index contributed by atoms with van der Waals surface area (Å²) in [4.78, 5) is 4.42. The van der Waals surface area contributed by atoms with Gasteiger partial charge in [0.05, 0.1) is 25.5 Å². The van der Waals surface area contributed by atoms with Gasteiger partial charge in [-0.15, -0.1) is 0 Å². The lowest BCUT2D eigenvalue weighted by atomic mass is 10.00. The second-order valence-corrected chi connectivity index (χ2v) is 7.96. The molecule has 33 heavy (non-hydrogen) atoms. The molecule has 174 valence electrons. The number of hydrogen-bond acceptors (Lipinski definition) is 9. The van der Waals surface area contributed by atoms with E-state index in [9.17, 15) is 19.0 Å². The molecule has 2 aromatic heterocycles. The van der Waals surface area contributed by atoms with Crippen LogP contribution in [0.3, 0.4) is 0 Å². The third-order valence-electron chi connectivity index (χ3n) is 4.98. The van der Waals surface area contributed by atoms with Gasteiger partial charge >= 0.3 is 0 Å². The van der Waals surface area contributed by atoms with E-state index in [0.717, 1.165) is 0 Å². The van der Waals surface area contributed by atoms with Crippen LogP contribution in [0.25, 0.3) is 33.8 Å². The van der Waals surface area contributed by atoms with E-state index in [1.54, 1.807) is 49.4 Å². The third-order valence-corrected chi connectivity index (χ3v) is 5.37. The number of nitrogens with one attached hydrogen (secondary N) is 1. The van der Waals surface area contributed by atoms with Crippen LogP contribution >= 0.6 is 0 Å². The van der Waals surface area contributed by atoms with E-state index in [-0.39, 0.29) is 11.7 Å². The highest BCUT2D eigenvalue weighted by atomic mass is 32.2. The molecule has 0 radical (unpaired) electrons. The fraction of sp³-hybridized carbons (Fsp3) is 0.238.